The third-order valence-electron chi connectivity index (χ3n) is 5.24. The maximum absolute atomic E-state index is 10.7. The second-order valence-corrected chi connectivity index (χ2v) is 8.20. The van der Waals surface area contributed by atoms with E-state index in [2.05, 4.69) is 25.4 Å². The van der Waals surface area contributed by atoms with E-state index >= 15 is 0 Å². The van der Waals surface area contributed by atoms with Gasteiger partial charge in [0.25, 0.3) is 0 Å². The maximum Gasteiger partial charge on any atom is 0.146 e. The molecule has 3 aromatic carbocycles. The van der Waals surface area contributed by atoms with Crippen LogP contribution in [0.25, 0.3) is 10.9 Å². The summed E-state index contributed by atoms with van der Waals surface area (Å²) in [6.07, 6.45) is 1.66. The molecule has 33 heavy (non-hydrogen) atoms. The van der Waals surface area contributed by atoms with Crippen molar-refractivity contribution in [1.29, 1.82) is 0 Å². The van der Waals surface area contributed by atoms with Gasteiger partial charge in [-0.1, -0.05) is 18.2 Å². The van der Waals surface area contributed by atoms with Crippen molar-refractivity contribution in [3.63, 3.8) is 0 Å². The summed E-state index contributed by atoms with van der Waals surface area (Å²) < 4.78 is 0. The van der Waals surface area contributed by atoms with Gasteiger partial charge in [0.1, 0.15) is 11.3 Å². The lowest BCUT2D eigenvalue weighted by Crippen LogP contribution is -2.10. The molecule has 0 fully saturated rings. The molecule has 0 saturated heterocycles. The van der Waals surface area contributed by atoms with Crippen molar-refractivity contribution in [1.82, 2.24) is 9.88 Å². The molecule has 0 atom stereocenters. The fourth-order valence-corrected chi connectivity index (χ4v) is 3.52. The first-order valence-electron chi connectivity index (χ1n) is 10.7. The van der Waals surface area contributed by atoms with Crippen LogP contribution in [-0.4, -0.2) is 29.1 Å². The highest BCUT2D eigenvalue weighted by Gasteiger charge is 2.13. The zero-order chi connectivity index (χ0) is 23.4. The lowest BCUT2D eigenvalue weighted by atomic mass is 10.1. The molecule has 0 aliphatic carbocycles. The minimum absolute atomic E-state index is 0.179. The summed E-state index contributed by atoms with van der Waals surface area (Å²) in [5, 5.41) is 29.1. The zero-order valence-electron chi connectivity index (χ0n) is 19.2. The van der Waals surface area contributed by atoms with Crippen molar-refractivity contribution < 1.29 is 5.11 Å². The highest BCUT2D eigenvalue weighted by atomic mass is 16.3. The van der Waals surface area contributed by atoms with E-state index in [-0.39, 0.29) is 5.75 Å². The summed E-state index contributed by atoms with van der Waals surface area (Å²) in [5.74, 6) is 0.179. The highest BCUT2D eigenvalue weighted by molar-refractivity contribution is 5.94. The number of pyridine rings is 1. The first-order chi connectivity index (χ1) is 15.9. The second-order valence-electron chi connectivity index (χ2n) is 8.20. The predicted molar refractivity (Wildman–Crippen MR) is 132 cm³/mol. The number of aromatic hydroxyl groups is 1. The Balaban J connectivity index is 1.64. The Morgan fingerprint density at radius 3 is 2.27 bits per heavy atom. The largest absolute Gasteiger partial charge is 0.505 e. The van der Waals surface area contributed by atoms with Crippen LogP contribution < -0.4 is 0 Å². The van der Waals surface area contributed by atoms with Crippen molar-refractivity contribution in [2.45, 2.75) is 20.4 Å². The molecule has 166 valence electrons. The van der Waals surface area contributed by atoms with E-state index in [0.29, 0.717) is 17.7 Å². The summed E-state index contributed by atoms with van der Waals surface area (Å²) in [6.45, 7) is 4.55. The molecular weight excluding hydrogens is 412 g/mol. The molecule has 0 aliphatic heterocycles. The van der Waals surface area contributed by atoms with Crippen LogP contribution in [0.2, 0.25) is 0 Å². The summed E-state index contributed by atoms with van der Waals surface area (Å²) >= 11 is 0. The third-order valence-corrected chi connectivity index (χ3v) is 5.24. The van der Waals surface area contributed by atoms with Crippen molar-refractivity contribution >= 4 is 33.7 Å². The first kappa shape index (κ1) is 22.2. The molecule has 0 saturated carbocycles. The van der Waals surface area contributed by atoms with Crippen LogP contribution in [0.5, 0.6) is 5.75 Å². The Labute approximate surface area is 193 Å². The standard InChI is InChI=1S/C26H26N6O/c1-17-8-5-6-10-22(17)29-28-20-11-12-23(18(2)14-20)30-31-24-15-19(16-32(3)4)26(33)25-21(24)9-7-13-27-25/h5-15,33H,16H2,1-4H3. The molecule has 0 radical (unpaired) electrons. The van der Waals surface area contributed by atoms with Crippen LogP contribution in [0.4, 0.5) is 22.7 Å². The fraction of sp³-hybridized carbons (Fsp3) is 0.192. The molecule has 7 nitrogen and oxygen atoms in total. The monoisotopic (exact) mass is 438 g/mol. The minimum atomic E-state index is 0.179. The van der Waals surface area contributed by atoms with Gasteiger partial charge in [0, 0.05) is 23.7 Å². The van der Waals surface area contributed by atoms with Gasteiger partial charge in [0.15, 0.2) is 0 Å². The van der Waals surface area contributed by atoms with Crippen LogP contribution in [0.1, 0.15) is 16.7 Å². The molecule has 7 heteroatoms. The number of nitrogens with zero attached hydrogens (tertiary/aromatic N) is 6. The lowest BCUT2D eigenvalue weighted by molar-refractivity contribution is 0.387. The number of aromatic nitrogens is 1. The van der Waals surface area contributed by atoms with E-state index in [0.717, 1.165) is 39.1 Å². The SMILES string of the molecule is Cc1ccccc1N=Nc1ccc(N=Nc2cc(CN(C)C)c(O)c3ncccc23)c(C)c1. The van der Waals surface area contributed by atoms with Gasteiger partial charge in [-0.25, -0.2) is 0 Å². The Morgan fingerprint density at radius 2 is 1.52 bits per heavy atom. The summed E-state index contributed by atoms with van der Waals surface area (Å²) in [4.78, 5) is 6.34. The van der Waals surface area contributed by atoms with E-state index in [1.165, 1.54) is 0 Å². The van der Waals surface area contributed by atoms with Crippen molar-refractivity contribution in [3.8, 4) is 5.75 Å². The zero-order valence-corrected chi connectivity index (χ0v) is 19.2. The number of fused-ring (bicyclic) bond motifs is 1. The van der Waals surface area contributed by atoms with Crippen molar-refractivity contribution in [3.05, 3.63) is 83.6 Å². The van der Waals surface area contributed by atoms with E-state index < -0.39 is 0 Å². The second kappa shape index (κ2) is 9.67. The molecule has 4 rings (SSSR count). The number of aryl methyl sites for hydroxylation is 2. The normalized spacial score (nSPS) is 11.9. The molecule has 0 spiro atoms. The Hall–Kier alpha value is -3.97. The molecule has 0 unspecified atom stereocenters. The smallest absolute Gasteiger partial charge is 0.146 e. The van der Waals surface area contributed by atoms with Crippen molar-refractivity contribution in [2.75, 3.05) is 14.1 Å². The number of phenolic OH excluding ortho intramolecular Hbond substituents is 1. The van der Waals surface area contributed by atoms with Gasteiger partial charge in [0.05, 0.1) is 22.7 Å². The average molecular weight is 439 g/mol. The van der Waals surface area contributed by atoms with Gasteiger partial charge in [-0.15, -0.1) is 5.11 Å². The van der Waals surface area contributed by atoms with E-state index in [4.69, 9.17) is 0 Å². The number of hydrogen-bond donors (Lipinski definition) is 1. The average Bonchev–Trinajstić information content (AvgIpc) is 2.80. The number of hydrogen-bond acceptors (Lipinski definition) is 7. The van der Waals surface area contributed by atoms with Gasteiger partial charge in [-0.2, -0.15) is 15.3 Å². The summed E-state index contributed by atoms with van der Waals surface area (Å²) in [5.41, 5.74) is 6.29. The van der Waals surface area contributed by atoms with E-state index in [9.17, 15) is 5.11 Å². The highest BCUT2D eigenvalue weighted by Crippen LogP contribution is 2.36. The van der Waals surface area contributed by atoms with Crippen molar-refractivity contribution in [2.24, 2.45) is 20.5 Å². The molecule has 4 aromatic rings. The Morgan fingerprint density at radius 1 is 0.788 bits per heavy atom. The predicted octanol–water partition coefficient (Wildman–Crippen LogP) is 7.45. The topological polar surface area (TPSA) is 85.8 Å². The molecule has 1 aromatic heterocycles. The Bertz CT molecular complexity index is 1360. The number of azo groups is 2. The molecule has 0 amide bonds. The lowest BCUT2D eigenvalue weighted by Gasteiger charge is -2.13. The number of phenols is 1. The molecule has 0 aliphatic rings. The van der Waals surface area contributed by atoms with Crippen LogP contribution in [0.15, 0.2) is 87.3 Å². The van der Waals surface area contributed by atoms with E-state index in [1.807, 2.05) is 93.5 Å². The van der Waals surface area contributed by atoms with Crippen LogP contribution in [0, 0.1) is 13.8 Å². The maximum atomic E-state index is 10.7. The molecular formula is C26H26N6O. The van der Waals surface area contributed by atoms with Gasteiger partial charge >= 0.3 is 0 Å². The van der Waals surface area contributed by atoms with Gasteiger partial charge in [0.2, 0.25) is 0 Å². The van der Waals surface area contributed by atoms with Crippen LogP contribution in [-0.2, 0) is 6.54 Å². The van der Waals surface area contributed by atoms with E-state index in [1.54, 1.807) is 6.20 Å². The summed E-state index contributed by atoms with van der Waals surface area (Å²) in [6, 6.07) is 19.1. The van der Waals surface area contributed by atoms with Gasteiger partial charge in [-0.05, 0) is 81.5 Å². The molecule has 0 bridgehead atoms. The quantitative estimate of drug-likeness (QED) is 0.317. The van der Waals surface area contributed by atoms with Gasteiger partial charge < -0.3 is 10.0 Å². The van der Waals surface area contributed by atoms with Crippen LogP contribution >= 0.6 is 0 Å². The molecule has 1 heterocycles. The minimum Gasteiger partial charge on any atom is -0.505 e. The summed E-state index contributed by atoms with van der Waals surface area (Å²) in [7, 11) is 3.90. The van der Waals surface area contributed by atoms with Gasteiger partial charge in [-0.3, -0.25) is 4.98 Å². The fourth-order valence-electron chi connectivity index (χ4n) is 3.52. The Kier molecular flexibility index (Phi) is 6.51. The molecule has 1 N–H and O–H groups in total. The number of benzene rings is 3. The first-order valence-corrected chi connectivity index (χ1v) is 10.7. The third kappa shape index (κ3) is 5.10. The van der Waals surface area contributed by atoms with Crippen LogP contribution in [0.3, 0.4) is 0 Å². The number of rotatable bonds is 6.